The molecule has 0 nitrogen and oxygen atoms in total. The summed E-state index contributed by atoms with van der Waals surface area (Å²) in [6, 6.07) is 10.8. The minimum atomic E-state index is -0.175. The lowest BCUT2D eigenvalue weighted by atomic mass is 10.3. The molecule has 80 valence electrons. The number of benzene rings is 1. The van der Waals surface area contributed by atoms with Crippen LogP contribution in [0.25, 0.3) is 0 Å². The van der Waals surface area contributed by atoms with Crippen molar-refractivity contribution in [2.24, 2.45) is 0 Å². The van der Waals surface area contributed by atoms with Crippen LogP contribution in [0.3, 0.4) is 0 Å². The van der Waals surface area contributed by atoms with Crippen LogP contribution in [0.5, 0.6) is 0 Å². The van der Waals surface area contributed by atoms with Gasteiger partial charge in [-0.25, -0.2) is 0 Å². The second kappa shape index (κ2) is 5.44. The van der Waals surface area contributed by atoms with Gasteiger partial charge in [0.15, 0.2) is 0 Å². The summed E-state index contributed by atoms with van der Waals surface area (Å²) >= 11 is 11.1. The predicted molar refractivity (Wildman–Crippen MR) is 80.1 cm³/mol. The van der Waals surface area contributed by atoms with E-state index in [9.17, 15) is 0 Å². The summed E-state index contributed by atoms with van der Waals surface area (Å²) in [5.74, 6) is 0. The van der Waals surface area contributed by atoms with Gasteiger partial charge in [-0.15, -0.1) is 0 Å². The Morgan fingerprint density at radius 3 is 2.47 bits per heavy atom. The van der Waals surface area contributed by atoms with Crippen molar-refractivity contribution < 1.29 is 0 Å². The Balaban J connectivity index is 2.33. The van der Waals surface area contributed by atoms with Gasteiger partial charge in [-0.3, -0.25) is 0 Å². The number of hydrogen-bond acceptors (Lipinski definition) is 0. The maximum Gasteiger partial charge on any atom is 0.0476 e. The molecule has 0 saturated heterocycles. The average Bonchev–Trinajstić information content (AvgIpc) is 2.27. The standard InChI is InChI=1S/C11H10Br3P/c12-9-6-7-15(11(14)10(9)13)8-4-2-1-3-5-8/h1-5,9H,6-7H2. The molecular weight excluding hydrogens is 403 g/mol. The predicted octanol–water partition coefficient (Wildman–Crippen LogP) is 4.92. The monoisotopic (exact) mass is 410 g/mol. The Bertz CT molecular complexity index is 375. The third-order valence-electron chi connectivity index (χ3n) is 2.38. The topological polar surface area (TPSA) is 0 Å². The van der Waals surface area contributed by atoms with E-state index in [0.717, 1.165) is 0 Å². The highest BCUT2D eigenvalue weighted by molar-refractivity contribution is 9.16. The first kappa shape index (κ1) is 12.3. The van der Waals surface area contributed by atoms with Crippen LogP contribution < -0.4 is 5.30 Å². The lowest BCUT2D eigenvalue weighted by Gasteiger charge is -2.26. The molecule has 0 aromatic heterocycles. The quantitative estimate of drug-likeness (QED) is 0.453. The molecule has 1 aliphatic heterocycles. The maximum absolute atomic E-state index is 3.73. The second-order valence-electron chi connectivity index (χ2n) is 3.38. The minimum absolute atomic E-state index is 0.175. The van der Waals surface area contributed by atoms with Crippen molar-refractivity contribution in [2.75, 3.05) is 6.16 Å². The van der Waals surface area contributed by atoms with E-state index in [1.165, 1.54) is 26.6 Å². The molecule has 2 unspecified atom stereocenters. The minimum Gasteiger partial charge on any atom is -0.0832 e. The molecule has 1 heterocycles. The zero-order valence-corrected chi connectivity index (χ0v) is 13.6. The Hall–Kier alpha value is 0.830. The van der Waals surface area contributed by atoms with Gasteiger partial charge in [0.25, 0.3) is 0 Å². The van der Waals surface area contributed by atoms with E-state index in [1.807, 2.05) is 0 Å². The lowest BCUT2D eigenvalue weighted by Crippen LogP contribution is -2.13. The van der Waals surface area contributed by atoms with Gasteiger partial charge in [-0.1, -0.05) is 62.2 Å². The highest BCUT2D eigenvalue weighted by Crippen LogP contribution is 2.55. The zero-order chi connectivity index (χ0) is 10.8. The molecule has 0 amide bonds. The number of halogens is 3. The summed E-state index contributed by atoms with van der Waals surface area (Å²) in [7, 11) is -0.175. The smallest absolute Gasteiger partial charge is 0.0476 e. The summed E-state index contributed by atoms with van der Waals surface area (Å²) in [6.45, 7) is 0. The molecule has 0 saturated carbocycles. The SMILES string of the molecule is BrC1=C(Br)P(c2ccccc2)CCC1Br. The molecule has 4 heteroatoms. The van der Waals surface area contributed by atoms with Crippen LogP contribution in [0, 0.1) is 0 Å². The van der Waals surface area contributed by atoms with Crippen LogP contribution in [-0.4, -0.2) is 11.0 Å². The Morgan fingerprint density at radius 2 is 1.80 bits per heavy atom. The molecule has 0 bridgehead atoms. The first-order valence-electron chi connectivity index (χ1n) is 4.72. The van der Waals surface area contributed by atoms with Gasteiger partial charge in [0.1, 0.15) is 0 Å². The largest absolute Gasteiger partial charge is 0.0832 e. The fourth-order valence-electron chi connectivity index (χ4n) is 1.58. The third kappa shape index (κ3) is 2.74. The van der Waals surface area contributed by atoms with Gasteiger partial charge in [0.05, 0.1) is 0 Å². The molecule has 0 aliphatic carbocycles. The molecule has 1 aromatic carbocycles. The highest BCUT2D eigenvalue weighted by Gasteiger charge is 2.26. The van der Waals surface area contributed by atoms with Gasteiger partial charge in [0.2, 0.25) is 0 Å². The van der Waals surface area contributed by atoms with E-state index in [2.05, 4.69) is 78.1 Å². The number of rotatable bonds is 1. The van der Waals surface area contributed by atoms with Crippen LogP contribution in [0.15, 0.2) is 39.0 Å². The van der Waals surface area contributed by atoms with Gasteiger partial charge in [-0.05, 0) is 41.7 Å². The van der Waals surface area contributed by atoms with Crippen molar-refractivity contribution in [1.82, 2.24) is 0 Å². The van der Waals surface area contributed by atoms with Crippen LogP contribution in [0.4, 0.5) is 0 Å². The fraction of sp³-hybridized carbons (Fsp3) is 0.273. The van der Waals surface area contributed by atoms with Crippen LogP contribution in [0.2, 0.25) is 0 Å². The molecule has 0 N–H and O–H groups in total. The lowest BCUT2D eigenvalue weighted by molar-refractivity contribution is 0.982. The normalized spacial score (nSPS) is 26.9. The molecule has 2 rings (SSSR count). The van der Waals surface area contributed by atoms with Crippen molar-refractivity contribution in [1.29, 1.82) is 0 Å². The van der Waals surface area contributed by atoms with E-state index in [0.29, 0.717) is 4.83 Å². The van der Waals surface area contributed by atoms with Gasteiger partial charge >= 0.3 is 0 Å². The molecule has 0 fully saturated rings. The summed E-state index contributed by atoms with van der Waals surface area (Å²) in [4.78, 5) is 0.481. The highest BCUT2D eigenvalue weighted by atomic mass is 79.9. The first-order chi connectivity index (χ1) is 7.20. The van der Waals surface area contributed by atoms with Crippen molar-refractivity contribution in [3.05, 3.63) is 39.0 Å². The molecule has 0 spiro atoms. The molecule has 2 atom stereocenters. The molecule has 0 radical (unpaired) electrons. The van der Waals surface area contributed by atoms with E-state index >= 15 is 0 Å². The number of hydrogen-bond donors (Lipinski definition) is 0. The van der Waals surface area contributed by atoms with Crippen molar-refractivity contribution >= 4 is 61.0 Å². The van der Waals surface area contributed by atoms with Crippen molar-refractivity contribution in [3.8, 4) is 0 Å². The molecule has 15 heavy (non-hydrogen) atoms. The fourth-order valence-corrected chi connectivity index (χ4v) is 7.31. The summed E-state index contributed by atoms with van der Waals surface area (Å²) in [6.07, 6.45) is 2.46. The van der Waals surface area contributed by atoms with E-state index in [4.69, 9.17) is 0 Å². The van der Waals surface area contributed by atoms with Gasteiger partial charge < -0.3 is 0 Å². The zero-order valence-electron chi connectivity index (χ0n) is 7.96. The van der Waals surface area contributed by atoms with Gasteiger partial charge in [-0.2, -0.15) is 0 Å². The summed E-state index contributed by atoms with van der Waals surface area (Å²) < 4.78 is 2.63. The summed E-state index contributed by atoms with van der Waals surface area (Å²) in [5.41, 5.74) is 0. The van der Waals surface area contributed by atoms with Crippen molar-refractivity contribution in [3.63, 3.8) is 0 Å². The first-order valence-corrected chi connectivity index (χ1v) is 8.75. The maximum atomic E-state index is 3.73. The van der Waals surface area contributed by atoms with Crippen LogP contribution in [0.1, 0.15) is 6.42 Å². The average molecular weight is 413 g/mol. The number of allylic oxidation sites excluding steroid dienone is 1. The van der Waals surface area contributed by atoms with Crippen LogP contribution in [-0.2, 0) is 0 Å². The second-order valence-corrected chi connectivity index (χ2v) is 9.01. The van der Waals surface area contributed by atoms with Crippen LogP contribution >= 0.6 is 55.7 Å². The third-order valence-corrected chi connectivity index (χ3v) is 9.75. The molecule has 1 aliphatic rings. The molecule has 1 aromatic rings. The Labute approximate surface area is 117 Å². The number of alkyl halides is 1. The van der Waals surface area contributed by atoms with Crippen molar-refractivity contribution in [2.45, 2.75) is 11.2 Å². The summed E-state index contributed by atoms with van der Waals surface area (Å²) in [5, 5.41) is 1.45. The van der Waals surface area contributed by atoms with Gasteiger partial charge in [0, 0.05) is 13.5 Å². The Morgan fingerprint density at radius 1 is 1.13 bits per heavy atom. The molecular formula is C11H10Br3P. The Kier molecular flexibility index (Phi) is 4.46. The van der Waals surface area contributed by atoms with E-state index in [1.54, 1.807) is 0 Å². The van der Waals surface area contributed by atoms with E-state index < -0.39 is 0 Å². The van der Waals surface area contributed by atoms with E-state index in [-0.39, 0.29) is 7.92 Å².